The lowest BCUT2D eigenvalue weighted by Gasteiger charge is -2.17. The number of hydrogen-bond acceptors (Lipinski definition) is 3. The Morgan fingerprint density at radius 2 is 1.16 bits per heavy atom. The molecule has 0 amide bonds. The first kappa shape index (κ1) is 16.7. The van der Waals surface area contributed by atoms with E-state index in [9.17, 15) is 9.59 Å². The molecule has 3 aromatic carbocycles. The van der Waals surface area contributed by atoms with Crippen LogP contribution in [0.1, 0.15) is 26.3 Å². The molecule has 25 heavy (non-hydrogen) atoms. The van der Waals surface area contributed by atoms with E-state index >= 15 is 0 Å². The summed E-state index contributed by atoms with van der Waals surface area (Å²) in [6.07, 6.45) is -1.22. The predicted octanol–water partition coefficient (Wildman–Crippen LogP) is 4.51. The number of rotatable bonds is 6. The van der Waals surface area contributed by atoms with Crippen LogP contribution < -0.4 is 4.74 Å². The lowest BCUT2D eigenvalue weighted by molar-refractivity contribution is 0.0670. The van der Waals surface area contributed by atoms with Crippen LogP contribution in [0.15, 0.2) is 84.9 Å². The molecule has 0 aliphatic rings. The molecular formula is C22H18O3. The van der Waals surface area contributed by atoms with Crippen molar-refractivity contribution < 1.29 is 14.3 Å². The minimum Gasteiger partial charge on any atom is -0.474 e. The van der Waals surface area contributed by atoms with Gasteiger partial charge < -0.3 is 4.74 Å². The van der Waals surface area contributed by atoms with Gasteiger partial charge in [0.15, 0.2) is 0 Å². The molecule has 0 aromatic heterocycles. The van der Waals surface area contributed by atoms with Crippen LogP contribution in [-0.2, 0) is 0 Å². The summed E-state index contributed by atoms with van der Waals surface area (Å²) >= 11 is 0. The molecule has 1 unspecified atom stereocenters. The van der Waals surface area contributed by atoms with E-state index in [1.165, 1.54) is 0 Å². The molecule has 3 heteroatoms. The van der Waals surface area contributed by atoms with E-state index in [1.807, 2.05) is 31.2 Å². The summed E-state index contributed by atoms with van der Waals surface area (Å²) in [5.41, 5.74) is 1.95. The van der Waals surface area contributed by atoms with Gasteiger partial charge in [0, 0.05) is 11.1 Å². The fourth-order valence-electron chi connectivity index (χ4n) is 2.48. The maximum absolute atomic E-state index is 12.9. The largest absolute Gasteiger partial charge is 0.474 e. The standard InChI is InChI=1S/C22H18O3/c1-16-12-14-18(15-13-16)21(24)22(25-19-10-6-3-7-11-19)20(23)17-8-4-2-5-9-17/h2-15,22H,1H3. The van der Waals surface area contributed by atoms with Crippen LogP contribution in [0.3, 0.4) is 0 Å². The van der Waals surface area contributed by atoms with Crippen molar-refractivity contribution in [3.63, 3.8) is 0 Å². The van der Waals surface area contributed by atoms with Crippen molar-refractivity contribution in [2.75, 3.05) is 0 Å². The summed E-state index contributed by atoms with van der Waals surface area (Å²) < 4.78 is 5.78. The summed E-state index contributed by atoms with van der Waals surface area (Å²) in [6.45, 7) is 1.95. The number of Topliss-reactive ketones (excluding diaryl/α,β-unsaturated/α-hetero) is 2. The zero-order valence-corrected chi connectivity index (χ0v) is 13.9. The second-order valence-electron chi connectivity index (χ2n) is 5.77. The maximum atomic E-state index is 12.9. The highest BCUT2D eigenvalue weighted by atomic mass is 16.5. The zero-order valence-electron chi connectivity index (χ0n) is 13.9. The highest BCUT2D eigenvalue weighted by molar-refractivity contribution is 6.18. The molecule has 0 spiro atoms. The molecule has 0 bridgehead atoms. The number of ketones is 2. The molecule has 0 saturated heterocycles. The summed E-state index contributed by atoms with van der Waals surface area (Å²) in [5.74, 6) is -0.218. The van der Waals surface area contributed by atoms with Gasteiger partial charge in [0.2, 0.25) is 17.7 Å². The second-order valence-corrected chi connectivity index (χ2v) is 5.77. The first-order chi connectivity index (χ1) is 12.1. The number of hydrogen-bond donors (Lipinski definition) is 0. The van der Waals surface area contributed by atoms with Crippen LogP contribution in [0, 0.1) is 6.92 Å². The average Bonchev–Trinajstić information content (AvgIpc) is 2.67. The molecule has 0 saturated carbocycles. The van der Waals surface area contributed by atoms with Crippen LogP contribution in [0.25, 0.3) is 0 Å². The molecule has 1 atom stereocenters. The van der Waals surface area contributed by atoms with Crippen molar-refractivity contribution in [1.29, 1.82) is 0 Å². The molecule has 0 fully saturated rings. The van der Waals surface area contributed by atoms with Gasteiger partial charge in [0.1, 0.15) is 5.75 Å². The van der Waals surface area contributed by atoms with E-state index in [-0.39, 0.29) is 11.6 Å². The van der Waals surface area contributed by atoms with E-state index in [0.29, 0.717) is 16.9 Å². The Kier molecular flexibility index (Phi) is 5.05. The molecule has 0 aliphatic carbocycles. The van der Waals surface area contributed by atoms with Gasteiger partial charge in [-0.05, 0) is 19.1 Å². The van der Waals surface area contributed by atoms with Crippen LogP contribution in [0.4, 0.5) is 0 Å². The van der Waals surface area contributed by atoms with Crippen molar-refractivity contribution in [2.24, 2.45) is 0 Å². The van der Waals surface area contributed by atoms with Crippen molar-refractivity contribution in [3.8, 4) is 5.75 Å². The van der Waals surface area contributed by atoms with Gasteiger partial charge in [-0.1, -0.05) is 78.4 Å². The average molecular weight is 330 g/mol. The lowest BCUT2D eigenvalue weighted by atomic mass is 9.98. The Morgan fingerprint density at radius 3 is 1.72 bits per heavy atom. The van der Waals surface area contributed by atoms with Gasteiger partial charge in [-0.15, -0.1) is 0 Å². The molecule has 3 rings (SSSR count). The third-order valence-corrected chi connectivity index (χ3v) is 3.87. The van der Waals surface area contributed by atoms with Gasteiger partial charge in [0.25, 0.3) is 0 Å². The molecule has 3 aromatic rings. The fourth-order valence-corrected chi connectivity index (χ4v) is 2.48. The Labute approximate surface area is 146 Å². The van der Waals surface area contributed by atoms with Gasteiger partial charge in [-0.2, -0.15) is 0 Å². The summed E-state index contributed by atoms with van der Waals surface area (Å²) in [6, 6.07) is 24.8. The third-order valence-electron chi connectivity index (χ3n) is 3.87. The second kappa shape index (κ2) is 7.58. The van der Waals surface area contributed by atoms with E-state index < -0.39 is 6.10 Å². The smallest absolute Gasteiger partial charge is 0.223 e. The Morgan fingerprint density at radius 1 is 0.680 bits per heavy atom. The van der Waals surface area contributed by atoms with Gasteiger partial charge in [0.05, 0.1) is 0 Å². The topological polar surface area (TPSA) is 43.4 Å². The highest BCUT2D eigenvalue weighted by Gasteiger charge is 2.30. The highest BCUT2D eigenvalue weighted by Crippen LogP contribution is 2.18. The zero-order chi connectivity index (χ0) is 17.6. The number of carbonyl (C=O) groups is 2. The normalized spacial score (nSPS) is 11.6. The van der Waals surface area contributed by atoms with Crippen molar-refractivity contribution >= 4 is 11.6 Å². The van der Waals surface area contributed by atoms with Crippen LogP contribution in [-0.4, -0.2) is 17.7 Å². The lowest BCUT2D eigenvalue weighted by Crippen LogP contribution is -2.36. The molecular weight excluding hydrogens is 312 g/mol. The first-order valence-corrected chi connectivity index (χ1v) is 8.07. The molecule has 3 nitrogen and oxygen atoms in total. The molecule has 124 valence electrons. The van der Waals surface area contributed by atoms with E-state index in [2.05, 4.69) is 0 Å². The van der Waals surface area contributed by atoms with E-state index in [0.717, 1.165) is 5.56 Å². The van der Waals surface area contributed by atoms with Gasteiger partial charge in [-0.3, -0.25) is 9.59 Å². The Bertz CT molecular complexity index is 853. The first-order valence-electron chi connectivity index (χ1n) is 8.07. The third kappa shape index (κ3) is 4.01. The fraction of sp³-hybridized carbons (Fsp3) is 0.0909. The van der Waals surface area contributed by atoms with E-state index in [4.69, 9.17) is 4.74 Å². The molecule has 0 N–H and O–H groups in total. The van der Waals surface area contributed by atoms with Gasteiger partial charge >= 0.3 is 0 Å². The number of benzene rings is 3. The van der Waals surface area contributed by atoms with Crippen LogP contribution in [0.5, 0.6) is 5.75 Å². The molecule has 0 radical (unpaired) electrons. The monoisotopic (exact) mass is 330 g/mol. The Balaban J connectivity index is 1.95. The molecule has 0 aliphatic heterocycles. The quantitative estimate of drug-likeness (QED) is 0.493. The summed E-state index contributed by atoms with van der Waals surface area (Å²) in [5, 5.41) is 0. The summed E-state index contributed by atoms with van der Waals surface area (Å²) in [7, 11) is 0. The maximum Gasteiger partial charge on any atom is 0.223 e. The van der Waals surface area contributed by atoms with Crippen molar-refractivity contribution in [1.82, 2.24) is 0 Å². The number of aryl methyl sites for hydroxylation is 1. The van der Waals surface area contributed by atoms with Crippen molar-refractivity contribution in [3.05, 3.63) is 102 Å². The Hall–Kier alpha value is -3.20. The number of carbonyl (C=O) groups excluding carboxylic acids is 2. The van der Waals surface area contributed by atoms with Crippen LogP contribution >= 0.6 is 0 Å². The minimum absolute atomic E-state index is 0.349. The van der Waals surface area contributed by atoms with Crippen molar-refractivity contribution in [2.45, 2.75) is 13.0 Å². The van der Waals surface area contributed by atoms with Gasteiger partial charge in [-0.25, -0.2) is 0 Å². The summed E-state index contributed by atoms with van der Waals surface area (Å²) in [4.78, 5) is 25.8. The van der Waals surface area contributed by atoms with E-state index in [1.54, 1.807) is 60.7 Å². The molecule has 0 heterocycles. The predicted molar refractivity (Wildman–Crippen MR) is 97.1 cm³/mol. The number of para-hydroxylation sites is 1. The minimum atomic E-state index is -1.22. The number of ether oxygens (including phenoxy) is 1. The SMILES string of the molecule is Cc1ccc(C(=O)C(Oc2ccccc2)C(=O)c2ccccc2)cc1. The van der Waals surface area contributed by atoms with Crippen LogP contribution in [0.2, 0.25) is 0 Å².